The van der Waals surface area contributed by atoms with E-state index in [1.807, 2.05) is 30.3 Å². The predicted molar refractivity (Wildman–Crippen MR) is 232 cm³/mol. The van der Waals surface area contributed by atoms with Crippen LogP contribution in [0.3, 0.4) is 0 Å². The maximum atomic E-state index is 13.3. The van der Waals surface area contributed by atoms with Crippen molar-refractivity contribution in [3.8, 4) is 86.2 Å². The zero-order valence-corrected chi connectivity index (χ0v) is 35.3. The number of nitrogens with zero attached hydrogens (tertiary/aromatic N) is 1. The molecule has 0 aliphatic rings. The number of aromatic hydroxyl groups is 11. The van der Waals surface area contributed by atoms with Gasteiger partial charge in [0, 0.05) is 0 Å². The summed E-state index contributed by atoms with van der Waals surface area (Å²) in [6, 6.07) is 18.3. The van der Waals surface area contributed by atoms with E-state index in [-0.39, 0.29) is 12.2 Å². The molecule has 0 aliphatic carbocycles. The van der Waals surface area contributed by atoms with Crippen LogP contribution in [0.4, 0.5) is 0 Å². The Hall–Kier alpha value is -10.3. The number of carbonyl (C=O) groups excluding carboxylic acids is 5. The van der Waals surface area contributed by atoms with E-state index in [0.717, 1.165) is 17.7 Å². The van der Waals surface area contributed by atoms with E-state index in [4.69, 9.17) is 23.7 Å². The zero-order valence-electron chi connectivity index (χ0n) is 35.3. The fourth-order valence-corrected chi connectivity index (χ4v) is 6.27. The van der Waals surface area contributed by atoms with Gasteiger partial charge in [-0.1, -0.05) is 30.3 Å². The molecule has 23 heteroatoms. The molecule has 23 nitrogen and oxygen atoms in total. The number of H-pyrrole nitrogens is 1. The molecular formula is C47H34N2O21. The first kappa shape index (κ1) is 47.6. The van der Waals surface area contributed by atoms with Crippen LogP contribution in [0.1, 0.15) is 68.7 Å². The number of aromatic nitrogens is 2. The number of phenols is 11. The molecule has 358 valence electrons. The average Bonchev–Trinajstić information content (AvgIpc) is 3.79. The van der Waals surface area contributed by atoms with E-state index < -0.39 is 138 Å². The molecule has 0 fully saturated rings. The lowest BCUT2D eigenvalue weighted by Gasteiger charge is -2.13. The lowest BCUT2D eigenvalue weighted by atomic mass is 10.1. The fourth-order valence-electron chi connectivity index (χ4n) is 6.27. The molecule has 0 amide bonds. The largest absolute Gasteiger partial charge is 0.504 e. The van der Waals surface area contributed by atoms with Crippen LogP contribution in [-0.2, 0) is 24.2 Å². The average molecular weight is 963 g/mol. The number of nitrogens with one attached hydrogen (secondary N) is 1. The van der Waals surface area contributed by atoms with Gasteiger partial charge >= 0.3 is 29.8 Å². The zero-order chi connectivity index (χ0) is 50.6. The van der Waals surface area contributed by atoms with Crippen molar-refractivity contribution in [1.82, 2.24) is 10.2 Å². The first-order valence-electron chi connectivity index (χ1n) is 19.9. The molecule has 0 saturated carbocycles. The first-order chi connectivity index (χ1) is 33.3. The molecule has 0 saturated heterocycles. The number of ether oxygens (including phenoxy) is 5. The summed E-state index contributed by atoms with van der Waals surface area (Å²) in [5, 5.41) is 119. The second-order valence-corrected chi connectivity index (χ2v) is 14.7. The van der Waals surface area contributed by atoms with Crippen LogP contribution in [0.15, 0.2) is 97.1 Å². The van der Waals surface area contributed by atoms with Gasteiger partial charge in [0.05, 0.1) is 39.2 Å². The molecule has 0 radical (unpaired) electrons. The summed E-state index contributed by atoms with van der Waals surface area (Å²) >= 11 is 0. The third-order valence-corrected chi connectivity index (χ3v) is 9.83. The van der Waals surface area contributed by atoms with Crippen molar-refractivity contribution in [1.29, 1.82) is 0 Å². The number of phenolic OH excluding ortho intramolecular Hbond substituents is 11. The lowest BCUT2D eigenvalue weighted by Crippen LogP contribution is -2.13. The smallest absolute Gasteiger partial charge is 0.343 e. The Labute approximate surface area is 390 Å². The van der Waals surface area contributed by atoms with Gasteiger partial charge in [-0.05, 0) is 85.1 Å². The lowest BCUT2D eigenvalue weighted by molar-refractivity contribution is 0.0464. The summed E-state index contributed by atoms with van der Waals surface area (Å²) in [5.41, 5.74) is -0.753. The predicted octanol–water partition coefficient (Wildman–Crippen LogP) is 5.19. The SMILES string of the molecule is O=C(OCc1cc(CCc2ccccc2)n[nH]1)c1cc(O)c(O)c(OC(=O)c2cc(O)c(O)c(OC(=O)c3cc(O)c(O)c(OC(=O)c4cc(O)c(O)c(OC(=O)c5cc(O)c(O)c(O)c5)c4)c3)c2)c1. The molecule has 6 aromatic carbocycles. The molecule has 1 aromatic heterocycles. The maximum Gasteiger partial charge on any atom is 0.343 e. The summed E-state index contributed by atoms with van der Waals surface area (Å²) in [7, 11) is 0. The summed E-state index contributed by atoms with van der Waals surface area (Å²) in [5.74, 6) is -21.6. The first-order valence-corrected chi connectivity index (χ1v) is 19.9. The molecule has 12 N–H and O–H groups in total. The molecule has 0 aliphatic heterocycles. The highest BCUT2D eigenvalue weighted by molar-refractivity contribution is 5.98. The third kappa shape index (κ3) is 10.5. The Balaban J connectivity index is 1.03. The number of benzene rings is 6. The van der Waals surface area contributed by atoms with Crippen molar-refractivity contribution in [2.45, 2.75) is 19.4 Å². The van der Waals surface area contributed by atoms with E-state index in [2.05, 4.69) is 10.2 Å². The van der Waals surface area contributed by atoms with Crippen LogP contribution in [-0.4, -0.2) is 96.2 Å². The highest BCUT2D eigenvalue weighted by Gasteiger charge is 2.27. The number of aromatic amines is 1. The van der Waals surface area contributed by atoms with Crippen molar-refractivity contribution in [3.63, 3.8) is 0 Å². The minimum atomic E-state index is -1.50. The van der Waals surface area contributed by atoms with Gasteiger partial charge in [-0.15, -0.1) is 0 Å². The van der Waals surface area contributed by atoms with Crippen molar-refractivity contribution >= 4 is 29.8 Å². The van der Waals surface area contributed by atoms with E-state index >= 15 is 0 Å². The van der Waals surface area contributed by atoms with E-state index in [0.29, 0.717) is 72.8 Å². The van der Waals surface area contributed by atoms with Gasteiger partial charge in [0.1, 0.15) is 6.61 Å². The molecule has 0 atom stereocenters. The van der Waals surface area contributed by atoms with Crippen LogP contribution in [0.25, 0.3) is 0 Å². The topological polar surface area (TPSA) is 383 Å². The second kappa shape index (κ2) is 19.6. The van der Waals surface area contributed by atoms with Crippen molar-refractivity contribution < 1.29 is 104 Å². The monoisotopic (exact) mass is 962 g/mol. The maximum absolute atomic E-state index is 13.3. The Morgan fingerprint density at radius 2 is 0.729 bits per heavy atom. The number of esters is 5. The highest BCUT2D eigenvalue weighted by Crippen LogP contribution is 2.43. The van der Waals surface area contributed by atoms with E-state index in [1.165, 1.54) is 0 Å². The van der Waals surface area contributed by atoms with Gasteiger partial charge in [0.15, 0.2) is 63.2 Å². The quantitative estimate of drug-likeness (QED) is 0.0379. The van der Waals surface area contributed by atoms with Crippen LogP contribution in [0.5, 0.6) is 86.2 Å². The van der Waals surface area contributed by atoms with Crippen molar-refractivity contribution in [3.05, 3.63) is 142 Å². The van der Waals surface area contributed by atoms with Crippen LogP contribution >= 0.6 is 0 Å². The molecule has 7 aromatic rings. The van der Waals surface area contributed by atoms with Gasteiger partial charge in [0.2, 0.25) is 23.0 Å². The molecule has 7 rings (SSSR count). The van der Waals surface area contributed by atoms with E-state index in [9.17, 15) is 80.1 Å². The molecule has 0 unspecified atom stereocenters. The molecule has 70 heavy (non-hydrogen) atoms. The van der Waals surface area contributed by atoms with Crippen LogP contribution < -0.4 is 18.9 Å². The van der Waals surface area contributed by atoms with Gasteiger partial charge in [-0.3, -0.25) is 5.10 Å². The van der Waals surface area contributed by atoms with Gasteiger partial charge in [-0.2, -0.15) is 5.10 Å². The normalized spacial score (nSPS) is 10.8. The number of rotatable bonds is 14. The highest BCUT2D eigenvalue weighted by atomic mass is 16.6. The second-order valence-electron chi connectivity index (χ2n) is 14.7. The summed E-state index contributed by atoms with van der Waals surface area (Å²) in [6.07, 6.45) is 1.31. The molecule has 0 spiro atoms. The fraction of sp³-hybridized carbons (Fsp3) is 0.0638. The van der Waals surface area contributed by atoms with Crippen molar-refractivity contribution in [2.75, 3.05) is 0 Å². The third-order valence-electron chi connectivity index (χ3n) is 9.83. The van der Waals surface area contributed by atoms with Gasteiger partial charge in [-0.25, -0.2) is 24.0 Å². The number of carbonyl (C=O) groups is 5. The van der Waals surface area contributed by atoms with Gasteiger partial charge < -0.3 is 79.9 Å². The minimum absolute atomic E-state index is 0.280. The van der Waals surface area contributed by atoms with Crippen LogP contribution in [0, 0.1) is 0 Å². The van der Waals surface area contributed by atoms with Crippen molar-refractivity contribution in [2.24, 2.45) is 0 Å². The Kier molecular flexibility index (Phi) is 13.4. The molecular weight excluding hydrogens is 929 g/mol. The standard InChI is InChI=1S/C47H34N2O21/c50-28-8-21(9-29(51)38(28)56)44(62)67-35-15-23(11-31(53)40(35)58)46(64)69-37-17-25(13-33(55)42(37)60)47(65)70-36-16-24(12-32(54)41(36)59)45(63)68-34-14-22(10-30(52)39(34)57)43(61)66-19-27-18-26(48-49-27)7-6-20-4-2-1-3-5-20/h1-5,8-18,50-60H,6-7,19H2,(H,48,49). The molecule has 0 bridgehead atoms. The summed E-state index contributed by atoms with van der Waals surface area (Å²) in [4.78, 5) is 65.4. The minimum Gasteiger partial charge on any atom is -0.504 e. The Bertz CT molecular complexity index is 3210. The Morgan fingerprint density at radius 3 is 1.10 bits per heavy atom. The van der Waals surface area contributed by atoms with Gasteiger partial charge in [0.25, 0.3) is 0 Å². The number of aryl methyl sites for hydroxylation is 2. The van der Waals surface area contributed by atoms with E-state index in [1.54, 1.807) is 6.07 Å². The summed E-state index contributed by atoms with van der Waals surface area (Å²) < 4.78 is 25.6. The molecule has 1 heterocycles. The number of hydrogen-bond acceptors (Lipinski definition) is 22. The Morgan fingerprint density at radius 1 is 0.400 bits per heavy atom. The van der Waals surface area contributed by atoms with Crippen LogP contribution in [0.2, 0.25) is 0 Å². The summed E-state index contributed by atoms with van der Waals surface area (Å²) in [6.45, 7) is -0.280. The number of hydrogen-bond donors (Lipinski definition) is 12.